The molecule has 0 aliphatic carbocycles. The number of rotatable bonds is 3. The molecule has 0 aromatic heterocycles. The number of hydrogen-bond acceptors (Lipinski definition) is 4. The number of benzene rings is 1. The van der Waals surface area contributed by atoms with Crippen LogP contribution in [0.1, 0.15) is 23.2 Å². The minimum absolute atomic E-state index is 0.0103. The van der Waals surface area contributed by atoms with Gasteiger partial charge in [0.25, 0.3) is 5.91 Å². The third-order valence-electron chi connectivity index (χ3n) is 3.30. The first-order valence-corrected chi connectivity index (χ1v) is 7.98. The summed E-state index contributed by atoms with van der Waals surface area (Å²) in [6, 6.07) is 3.86. The van der Waals surface area contributed by atoms with E-state index in [0.717, 1.165) is 4.31 Å². The smallest absolute Gasteiger partial charge is 0.374 e. The lowest BCUT2D eigenvalue weighted by atomic mass is 10.1. The Hall–Kier alpha value is -1.38. The fourth-order valence-electron chi connectivity index (χ4n) is 2.18. The summed E-state index contributed by atoms with van der Waals surface area (Å²) in [6.07, 6.45) is 0.618. The lowest BCUT2D eigenvalue weighted by Crippen LogP contribution is -2.45. The van der Waals surface area contributed by atoms with Gasteiger partial charge >= 0.3 is 10.4 Å². The van der Waals surface area contributed by atoms with Crippen molar-refractivity contribution in [2.75, 3.05) is 13.1 Å². The number of carbonyl (C=O) groups excluding carboxylic acids is 1. The number of phenolic OH excluding ortho intramolecular Hbond substituents is 1. The Labute approximate surface area is 126 Å². The van der Waals surface area contributed by atoms with Crippen LogP contribution in [0, 0.1) is 0 Å². The molecule has 0 radical (unpaired) electrons. The average molecular weight is 337 g/mol. The van der Waals surface area contributed by atoms with Crippen LogP contribution >= 0.6 is 11.6 Å². The summed E-state index contributed by atoms with van der Waals surface area (Å²) in [5, 5.41) is 12.6. The van der Waals surface area contributed by atoms with Crippen molar-refractivity contribution in [1.82, 2.24) is 9.62 Å². The van der Waals surface area contributed by atoms with Gasteiger partial charge in [-0.05, 0) is 31.0 Å². The molecule has 6 nitrogen and oxygen atoms in total. The summed E-state index contributed by atoms with van der Waals surface area (Å²) in [5.74, 6) is -0.713. The van der Waals surface area contributed by atoms with E-state index in [1.807, 2.05) is 0 Å². The van der Waals surface area contributed by atoms with Crippen molar-refractivity contribution >= 4 is 27.9 Å². The topological polar surface area (TPSA) is 86.7 Å². The van der Waals surface area contributed by atoms with Crippen molar-refractivity contribution in [3.8, 4) is 5.75 Å². The SMILES string of the molecule is O=C(NC1CCN(S(=O)(=O)F)CC1)c1ccc(Cl)cc1O. The van der Waals surface area contributed by atoms with Crippen molar-refractivity contribution in [2.45, 2.75) is 18.9 Å². The highest BCUT2D eigenvalue weighted by atomic mass is 35.5. The predicted octanol–water partition coefficient (Wildman–Crippen LogP) is 1.45. The number of piperidine rings is 1. The third-order valence-corrected chi connectivity index (χ3v) is 4.52. The van der Waals surface area contributed by atoms with Gasteiger partial charge in [-0.3, -0.25) is 4.79 Å². The van der Waals surface area contributed by atoms with Crippen molar-refractivity contribution in [3.63, 3.8) is 0 Å². The summed E-state index contributed by atoms with van der Waals surface area (Å²) >= 11 is 5.68. The molecule has 1 saturated heterocycles. The summed E-state index contributed by atoms with van der Waals surface area (Å²) in [4.78, 5) is 12.0. The zero-order chi connectivity index (χ0) is 15.6. The maximum absolute atomic E-state index is 12.8. The number of phenols is 1. The average Bonchev–Trinajstić information content (AvgIpc) is 2.38. The molecular weight excluding hydrogens is 323 g/mol. The molecule has 1 aliphatic rings. The minimum atomic E-state index is -4.68. The number of hydrogen-bond donors (Lipinski definition) is 2. The van der Waals surface area contributed by atoms with Gasteiger partial charge in [-0.1, -0.05) is 15.5 Å². The molecular formula is C12H14ClFN2O4S. The summed E-state index contributed by atoms with van der Waals surface area (Å²) in [7, 11) is -4.68. The van der Waals surface area contributed by atoms with Crippen LogP contribution in [0.5, 0.6) is 5.75 Å². The number of nitrogens with one attached hydrogen (secondary N) is 1. The monoisotopic (exact) mass is 336 g/mol. The molecule has 21 heavy (non-hydrogen) atoms. The maximum Gasteiger partial charge on any atom is 0.374 e. The molecule has 1 amide bonds. The van der Waals surface area contributed by atoms with Crippen molar-refractivity contribution in [1.29, 1.82) is 0 Å². The molecule has 9 heteroatoms. The highest BCUT2D eigenvalue weighted by molar-refractivity contribution is 7.83. The van der Waals surface area contributed by atoms with Crippen LogP contribution in [0.15, 0.2) is 18.2 Å². The molecule has 0 atom stereocenters. The number of amides is 1. The van der Waals surface area contributed by atoms with E-state index < -0.39 is 16.3 Å². The first-order valence-electron chi connectivity index (χ1n) is 6.26. The van der Waals surface area contributed by atoms with Crippen LogP contribution in [0.2, 0.25) is 5.02 Å². The number of halogens is 2. The largest absolute Gasteiger partial charge is 0.507 e. The fourth-order valence-corrected chi connectivity index (χ4v) is 2.99. The van der Waals surface area contributed by atoms with Crippen LogP contribution in [0.4, 0.5) is 3.89 Å². The zero-order valence-corrected chi connectivity index (χ0v) is 12.5. The Morgan fingerprint density at radius 2 is 2.00 bits per heavy atom. The minimum Gasteiger partial charge on any atom is -0.507 e. The van der Waals surface area contributed by atoms with Crippen LogP contribution in [0.25, 0.3) is 0 Å². The molecule has 2 N–H and O–H groups in total. The van der Waals surface area contributed by atoms with E-state index in [1.165, 1.54) is 18.2 Å². The highest BCUT2D eigenvalue weighted by Crippen LogP contribution is 2.22. The van der Waals surface area contributed by atoms with Crippen LogP contribution in [-0.4, -0.2) is 42.9 Å². The van der Waals surface area contributed by atoms with E-state index in [9.17, 15) is 22.2 Å². The van der Waals surface area contributed by atoms with Crippen molar-refractivity contribution in [3.05, 3.63) is 28.8 Å². The second kappa shape index (κ2) is 6.17. The van der Waals surface area contributed by atoms with Gasteiger partial charge in [0.15, 0.2) is 0 Å². The molecule has 1 heterocycles. The van der Waals surface area contributed by atoms with E-state index >= 15 is 0 Å². The van der Waals surface area contributed by atoms with E-state index in [2.05, 4.69) is 5.32 Å². The predicted molar refractivity (Wildman–Crippen MR) is 75.2 cm³/mol. The molecule has 1 aromatic carbocycles. The van der Waals surface area contributed by atoms with Gasteiger partial charge in [-0.25, -0.2) is 0 Å². The van der Waals surface area contributed by atoms with Gasteiger partial charge in [-0.2, -0.15) is 12.7 Å². The second-order valence-electron chi connectivity index (χ2n) is 4.75. The zero-order valence-electron chi connectivity index (χ0n) is 10.9. The molecule has 0 saturated carbocycles. The molecule has 1 fully saturated rings. The Morgan fingerprint density at radius 1 is 1.38 bits per heavy atom. The molecule has 1 aromatic rings. The van der Waals surface area contributed by atoms with Crippen LogP contribution in [-0.2, 0) is 10.4 Å². The molecule has 0 bridgehead atoms. The highest BCUT2D eigenvalue weighted by Gasteiger charge is 2.28. The lowest BCUT2D eigenvalue weighted by Gasteiger charge is -2.29. The third kappa shape index (κ3) is 4.05. The van der Waals surface area contributed by atoms with Crippen LogP contribution < -0.4 is 5.32 Å². The van der Waals surface area contributed by atoms with Gasteiger partial charge < -0.3 is 10.4 Å². The van der Waals surface area contributed by atoms with Crippen molar-refractivity contribution in [2.24, 2.45) is 0 Å². The maximum atomic E-state index is 12.8. The van der Waals surface area contributed by atoms with Gasteiger partial charge in [0, 0.05) is 24.2 Å². The number of nitrogens with zero attached hydrogens (tertiary/aromatic N) is 1. The molecule has 116 valence electrons. The van der Waals surface area contributed by atoms with Crippen LogP contribution in [0.3, 0.4) is 0 Å². The van der Waals surface area contributed by atoms with Gasteiger partial charge in [-0.15, -0.1) is 0 Å². The molecule has 0 spiro atoms. The van der Waals surface area contributed by atoms with E-state index in [4.69, 9.17) is 11.6 Å². The van der Waals surface area contributed by atoms with E-state index in [-0.39, 0.29) is 30.4 Å². The molecule has 2 rings (SSSR count). The second-order valence-corrected chi connectivity index (χ2v) is 6.53. The Morgan fingerprint density at radius 3 is 2.52 bits per heavy atom. The molecule has 0 unspecified atom stereocenters. The first-order chi connectivity index (χ1) is 9.77. The first kappa shape index (κ1) is 16.0. The number of carbonyl (C=O) groups is 1. The Balaban J connectivity index is 1.96. The van der Waals surface area contributed by atoms with Gasteiger partial charge in [0.1, 0.15) is 5.75 Å². The normalized spacial score (nSPS) is 17.6. The lowest BCUT2D eigenvalue weighted by molar-refractivity contribution is 0.0921. The van der Waals surface area contributed by atoms with E-state index in [0.29, 0.717) is 17.9 Å². The van der Waals surface area contributed by atoms with Gasteiger partial charge in [0.05, 0.1) is 5.56 Å². The quantitative estimate of drug-likeness (QED) is 0.818. The Bertz CT molecular complexity index is 645. The van der Waals surface area contributed by atoms with E-state index in [1.54, 1.807) is 0 Å². The summed E-state index contributed by atoms with van der Waals surface area (Å²) in [6.45, 7) is 0.0206. The summed E-state index contributed by atoms with van der Waals surface area (Å²) < 4.78 is 35.0. The fraction of sp³-hybridized carbons (Fsp3) is 0.417. The van der Waals surface area contributed by atoms with Gasteiger partial charge in [0.2, 0.25) is 0 Å². The number of aromatic hydroxyl groups is 1. The summed E-state index contributed by atoms with van der Waals surface area (Å²) in [5.41, 5.74) is 0.0833. The standard InChI is InChI=1S/C12H14ClFN2O4S/c13-8-1-2-10(11(17)7-8)12(18)15-9-3-5-16(6-4-9)21(14,19)20/h1-2,7,9,17H,3-6H2,(H,15,18). The van der Waals surface area contributed by atoms with Crippen molar-refractivity contribution < 1.29 is 22.2 Å². The molecule has 1 aliphatic heterocycles. The Kier molecular flexibility index (Phi) is 4.70.